The third-order valence-electron chi connectivity index (χ3n) is 1.63. The van der Waals surface area contributed by atoms with E-state index in [1.54, 1.807) is 32.9 Å². The normalized spacial score (nSPS) is 9.76. The van der Waals surface area contributed by atoms with Gasteiger partial charge in [-0.05, 0) is 38.8 Å². The van der Waals surface area contributed by atoms with Gasteiger partial charge in [-0.15, -0.1) is 0 Å². The van der Waals surface area contributed by atoms with Crippen LogP contribution in [0.25, 0.3) is 0 Å². The lowest BCUT2D eigenvalue weighted by Crippen LogP contribution is -2.24. The maximum absolute atomic E-state index is 11.6. The number of esters is 1. The van der Waals surface area contributed by atoms with E-state index in [-0.39, 0.29) is 5.69 Å². The first-order chi connectivity index (χ1) is 7.92. The maximum Gasteiger partial charge on any atom is 0.357 e. The van der Waals surface area contributed by atoms with Crippen molar-refractivity contribution < 1.29 is 9.53 Å². The van der Waals surface area contributed by atoms with Gasteiger partial charge in [-0.2, -0.15) is 5.26 Å². The van der Waals surface area contributed by atoms with Crippen LogP contribution in [0.4, 0.5) is 0 Å². The largest absolute Gasteiger partial charge is 0.455 e. The van der Waals surface area contributed by atoms with Gasteiger partial charge in [-0.3, -0.25) is 0 Å². The summed E-state index contributed by atoms with van der Waals surface area (Å²) in [6.45, 7) is 5.37. The summed E-state index contributed by atoms with van der Waals surface area (Å²) in [7, 11) is 0. The monoisotopic (exact) mass is 228 g/mol. The van der Waals surface area contributed by atoms with Crippen LogP contribution in [0.15, 0.2) is 18.3 Å². The van der Waals surface area contributed by atoms with Crippen LogP contribution in [0.2, 0.25) is 0 Å². The Bertz CT molecular complexity index is 508. The van der Waals surface area contributed by atoms with Gasteiger partial charge in [-0.1, -0.05) is 0 Å². The first kappa shape index (κ1) is 12.7. The van der Waals surface area contributed by atoms with E-state index >= 15 is 0 Å². The molecule has 0 aromatic carbocycles. The Morgan fingerprint density at radius 3 is 2.59 bits per heavy atom. The Hall–Kier alpha value is -2.33. The Morgan fingerprint density at radius 1 is 1.41 bits per heavy atom. The number of carbonyl (C=O) groups excluding carboxylic acids is 1. The average molecular weight is 228 g/mol. The zero-order valence-corrected chi connectivity index (χ0v) is 9.94. The molecule has 0 spiro atoms. The molecule has 0 bridgehead atoms. The van der Waals surface area contributed by atoms with Crippen molar-refractivity contribution in [1.29, 1.82) is 5.26 Å². The van der Waals surface area contributed by atoms with Gasteiger partial charge in [-0.25, -0.2) is 9.78 Å². The molecule has 4 nitrogen and oxygen atoms in total. The number of hydrogen-bond donors (Lipinski definition) is 0. The van der Waals surface area contributed by atoms with Crippen molar-refractivity contribution in [2.75, 3.05) is 0 Å². The van der Waals surface area contributed by atoms with E-state index in [0.29, 0.717) is 5.56 Å². The third-order valence-corrected chi connectivity index (χ3v) is 1.63. The smallest absolute Gasteiger partial charge is 0.357 e. The molecule has 86 valence electrons. The number of nitriles is 1. The van der Waals surface area contributed by atoms with Crippen molar-refractivity contribution in [3.8, 4) is 17.9 Å². The molecule has 17 heavy (non-hydrogen) atoms. The van der Waals surface area contributed by atoms with E-state index in [0.717, 1.165) is 0 Å². The van der Waals surface area contributed by atoms with E-state index < -0.39 is 11.6 Å². The van der Waals surface area contributed by atoms with Crippen LogP contribution in [-0.2, 0) is 4.74 Å². The molecular formula is C13H12N2O2. The first-order valence-electron chi connectivity index (χ1n) is 5.02. The molecule has 0 aliphatic heterocycles. The predicted octanol–water partition coefficient (Wildman–Crippen LogP) is 1.91. The third kappa shape index (κ3) is 4.36. The first-order valence-corrected chi connectivity index (χ1v) is 5.02. The number of hydrogen-bond acceptors (Lipinski definition) is 4. The van der Waals surface area contributed by atoms with Gasteiger partial charge in [0.05, 0.1) is 0 Å². The number of rotatable bonds is 1. The quantitative estimate of drug-likeness (QED) is 0.544. The van der Waals surface area contributed by atoms with Crippen molar-refractivity contribution in [1.82, 2.24) is 4.98 Å². The van der Waals surface area contributed by atoms with Crippen molar-refractivity contribution in [2.45, 2.75) is 26.4 Å². The van der Waals surface area contributed by atoms with Crippen molar-refractivity contribution >= 4 is 5.97 Å². The lowest BCUT2D eigenvalue weighted by molar-refractivity contribution is 0.00629. The van der Waals surface area contributed by atoms with Crippen LogP contribution >= 0.6 is 0 Å². The van der Waals surface area contributed by atoms with Crippen LogP contribution in [0.5, 0.6) is 0 Å². The van der Waals surface area contributed by atoms with E-state index in [1.165, 1.54) is 12.3 Å². The second kappa shape index (κ2) is 5.14. The molecule has 1 heterocycles. The van der Waals surface area contributed by atoms with Crippen molar-refractivity contribution in [3.63, 3.8) is 0 Å². The number of nitrogens with zero attached hydrogens (tertiary/aromatic N) is 2. The van der Waals surface area contributed by atoms with Crippen LogP contribution in [-0.4, -0.2) is 16.6 Å². The zero-order chi connectivity index (χ0) is 12.9. The summed E-state index contributed by atoms with van der Waals surface area (Å²) in [4.78, 5) is 15.5. The molecule has 0 saturated heterocycles. The Balaban J connectivity index is 2.82. The summed E-state index contributed by atoms with van der Waals surface area (Å²) in [5.41, 5.74) is 0.263. The summed E-state index contributed by atoms with van der Waals surface area (Å²) in [6.07, 6.45) is 1.43. The molecule has 1 rings (SSSR count). The Kier molecular flexibility index (Phi) is 3.85. The highest BCUT2D eigenvalue weighted by molar-refractivity contribution is 5.87. The summed E-state index contributed by atoms with van der Waals surface area (Å²) >= 11 is 0. The zero-order valence-electron chi connectivity index (χ0n) is 9.94. The highest BCUT2D eigenvalue weighted by atomic mass is 16.6. The number of ether oxygens (including phenoxy) is 1. The van der Waals surface area contributed by atoms with Crippen molar-refractivity contribution in [2.24, 2.45) is 0 Å². The molecule has 0 N–H and O–H groups in total. The molecule has 0 fully saturated rings. The van der Waals surface area contributed by atoms with Gasteiger partial charge in [0.1, 0.15) is 11.3 Å². The summed E-state index contributed by atoms with van der Waals surface area (Å²) < 4.78 is 5.15. The van der Waals surface area contributed by atoms with E-state index in [4.69, 9.17) is 10.00 Å². The molecule has 1 aromatic rings. The van der Waals surface area contributed by atoms with E-state index in [1.807, 2.05) is 0 Å². The van der Waals surface area contributed by atoms with E-state index in [2.05, 4.69) is 16.8 Å². The fourth-order valence-electron chi connectivity index (χ4n) is 1.02. The Morgan fingerprint density at radius 2 is 2.12 bits per heavy atom. The topological polar surface area (TPSA) is 63.0 Å². The SMILES string of the molecule is CC(C)(C)OC(=O)c1ccc(C#CC#N)cn1. The van der Waals surface area contributed by atoms with Gasteiger partial charge in [0.2, 0.25) is 0 Å². The van der Waals surface area contributed by atoms with Crippen LogP contribution in [0, 0.1) is 23.2 Å². The molecule has 0 saturated carbocycles. The molecule has 0 aliphatic carbocycles. The van der Waals surface area contributed by atoms with Gasteiger partial charge in [0, 0.05) is 17.7 Å². The van der Waals surface area contributed by atoms with Gasteiger partial charge in [0.25, 0.3) is 0 Å². The number of aromatic nitrogens is 1. The van der Waals surface area contributed by atoms with E-state index in [9.17, 15) is 4.79 Å². The van der Waals surface area contributed by atoms with Gasteiger partial charge < -0.3 is 4.74 Å². The van der Waals surface area contributed by atoms with Crippen LogP contribution in [0.1, 0.15) is 36.8 Å². The van der Waals surface area contributed by atoms with Crippen molar-refractivity contribution in [3.05, 3.63) is 29.6 Å². The summed E-state index contributed by atoms with van der Waals surface area (Å²) in [5.74, 6) is 4.36. The van der Waals surface area contributed by atoms with Gasteiger partial charge in [0.15, 0.2) is 6.07 Å². The fraction of sp³-hybridized carbons (Fsp3) is 0.308. The lowest BCUT2D eigenvalue weighted by atomic mass is 10.2. The molecule has 0 aliphatic rings. The summed E-state index contributed by atoms with van der Waals surface area (Å²) in [6, 6.07) is 4.85. The molecule has 4 heteroatoms. The molecule has 0 unspecified atom stereocenters. The molecule has 0 amide bonds. The molecule has 0 atom stereocenters. The molecule has 1 aromatic heterocycles. The maximum atomic E-state index is 11.6. The highest BCUT2D eigenvalue weighted by Crippen LogP contribution is 2.10. The second-order valence-corrected chi connectivity index (χ2v) is 4.30. The predicted molar refractivity (Wildman–Crippen MR) is 61.9 cm³/mol. The summed E-state index contributed by atoms with van der Waals surface area (Å²) in [5, 5.41) is 8.28. The fourth-order valence-corrected chi connectivity index (χ4v) is 1.02. The minimum Gasteiger partial charge on any atom is -0.455 e. The molecular weight excluding hydrogens is 216 g/mol. The number of pyridine rings is 1. The minimum absolute atomic E-state index is 0.224. The minimum atomic E-state index is -0.544. The Labute approximate surface area is 100 Å². The second-order valence-electron chi connectivity index (χ2n) is 4.30. The lowest BCUT2D eigenvalue weighted by Gasteiger charge is -2.18. The van der Waals surface area contributed by atoms with Crippen LogP contribution in [0.3, 0.4) is 0 Å². The highest BCUT2D eigenvalue weighted by Gasteiger charge is 2.18. The van der Waals surface area contributed by atoms with Gasteiger partial charge >= 0.3 is 5.97 Å². The molecule has 0 radical (unpaired) electrons. The van der Waals surface area contributed by atoms with Crippen LogP contribution < -0.4 is 0 Å². The standard InChI is InChI=1S/C13H12N2O2/c1-13(2,3)17-12(16)11-7-6-10(9-15-11)5-4-8-14/h6-7,9H,1-3H3. The average Bonchev–Trinajstić information content (AvgIpc) is 2.24. The number of carbonyl (C=O) groups is 1.